The van der Waals surface area contributed by atoms with Crippen molar-refractivity contribution in [3.05, 3.63) is 98.2 Å². The summed E-state index contributed by atoms with van der Waals surface area (Å²) < 4.78 is 19.8. The SMILES string of the molecule is COc1cc(/C=C(\C#N)C(=O)Nc2ccc(Br)cc2)cc(Cl)c1Cc1cccc(F)c1. The van der Waals surface area contributed by atoms with Crippen molar-refractivity contribution in [3.63, 3.8) is 0 Å². The Bertz CT molecular complexity index is 1190. The highest BCUT2D eigenvalue weighted by atomic mass is 79.9. The van der Waals surface area contributed by atoms with Crippen molar-refractivity contribution in [3.8, 4) is 11.8 Å². The number of carbonyl (C=O) groups is 1. The van der Waals surface area contributed by atoms with Gasteiger partial charge >= 0.3 is 0 Å². The van der Waals surface area contributed by atoms with E-state index in [0.717, 1.165) is 10.0 Å². The second-order valence-electron chi connectivity index (χ2n) is 6.62. The molecule has 4 nitrogen and oxygen atoms in total. The summed E-state index contributed by atoms with van der Waals surface area (Å²) in [5, 5.41) is 12.5. The first-order valence-electron chi connectivity index (χ1n) is 9.19. The molecule has 0 radical (unpaired) electrons. The van der Waals surface area contributed by atoms with E-state index in [1.54, 1.807) is 48.5 Å². The number of hydrogen-bond acceptors (Lipinski definition) is 3. The number of nitrogens with zero attached hydrogens (tertiary/aromatic N) is 1. The Labute approximate surface area is 193 Å². The highest BCUT2D eigenvalue weighted by Crippen LogP contribution is 2.32. The first-order chi connectivity index (χ1) is 14.9. The number of benzene rings is 3. The quantitative estimate of drug-likeness (QED) is 0.316. The van der Waals surface area contributed by atoms with Crippen LogP contribution in [0, 0.1) is 17.1 Å². The number of ether oxygens (including phenoxy) is 1. The van der Waals surface area contributed by atoms with E-state index in [9.17, 15) is 14.4 Å². The van der Waals surface area contributed by atoms with Crippen LogP contribution in [0.1, 0.15) is 16.7 Å². The maximum Gasteiger partial charge on any atom is 0.266 e. The van der Waals surface area contributed by atoms with Gasteiger partial charge in [0, 0.05) is 27.2 Å². The molecule has 3 rings (SSSR count). The smallest absolute Gasteiger partial charge is 0.266 e. The molecule has 0 spiro atoms. The van der Waals surface area contributed by atoms with Crippen LogP contribution >= 0.6 is 27.5 Å². The summed E-state index contributed by atoms with van der Waals surface area (Å²) >= 11 is 9.79. The molecule has 1 amide bonds. The Morgan fingerprint density at radius 1 is 1.23 bits per heavy atom. The van der Waals surface area contributed by atoms with Crippen LogP contribution in [0.4, 0.5) is 10.1 Å². The van der Waals surface area contributed by atoms with Gasteiger partial charge in [0.2, 0.25) is 0 Å². The molecule has 0 heterocycles. The zero-order valence-electron chi connectivity index (χ0n) is 16.5. The van der Waals surface area contributed by atoms with Gasteiger partial charge < -0.3 is 10.1 Å². The average Bonchev–Trinajstić information content (AvgIpc) is 2.75. The maximum atomic E-state index is 13.5. The zero-order chi connectivity index (χ0) is 22.4. The lowest BCUT2D eigenvalue weighted by Crippen LogP contribution is -2.13. The lowest BCUT2D eigenvalue weighted by atomic mass is 10.0. The van der Waals surface area contributed by atoms with Crippen LogP contribution in [0.15, 0.2) is 70.7 Å². The fourth-order valence-corrected chi connectivity index (χ4v) is 3.52. The molecule has 0 atom stereocenters. The van der Waals surface area contributed by atoms with Crippen LogP contribution in [-0.2, 0) is 11.2 Å². The number of amides is 1. The fourth-order valence-electron chi connectivity index (χ4n) is 2.97. The third-order valence-corrected chi connectivity index (χ3v) is 5.31. The van der Waals surface area contributed by atoms with Crippen molar-refractivity contribution in [2.45, 2.75) is 6.42 Å². The van der Waals surface area contributed by atoms with E-state index in [2.05, 4.69) is 21.2 Å². The number of carbonyl (C=O) groups excluding carboxylic acids is 1. The van der Waals surface area contributed by atoms with Gasteiger partial charge in [0.1, 0.15) is 23.2 Å². The lowest BCUT2D eigenvalue weighted by molar-refractivity contribution is -0.112. The molecule has 0 saturated heterocycles. The molecule has 7 heteroatoms. The number of anilines is 1. The highest BCUT2D eigenvalue weighted by Gasteiger charge is 2.14. The van der Waals surface area contributed by atoms with Crippen LogP contribution in [0.5, 0.6) is 5.75 Å². The molecule has 0 aliphatic carbocycles. The minimum atomic E-state index is -0.538. The summed E-state index contributed by atoms with van der Waals surface area (Å²) in [6, 6.07) is 18.5. The standard InChI is InChI=1S/C24H17BrClFN2O2/c1-31-23-13-16(12-22(26)21(23)11-15-3-2-4-19(27)10-15)9-17(14-28)24(30)29-20-7-5-18(25)6-8-20/h2-10,12-13H,11H2,1H3,(H,29,30)/b17-9+. The topological polar surface area (TPSA) is 62.1 Å². The van der Waals surface area contributed by atoms with Crippen LogP contribution in [0.3, 0.4) is 0 Å². The van der Waals surface area contributed by atoms with Gasteiger partial charge in [0.05, 0.1) is 7.11 Å². The molecule has 0 unspecified atom stereocenters. The number of halogens is 3. The van der Waals surface area contributed by atoms with Crippen LogP contribution in [0.25, 0.3) is 6.08 Å². The molecule has 31 heavy (non-hydrogen) atoms. The minimum Gasteiger partial charge on any atom is -0.496 e. The van der Waals surface area contributed by atoms with E-state index < -0.39 is 5.91 Å². The van der Waals surface area contributed by atoms with E-state index in [4.69, 9.17) is 16.3 Å². The van der Waals surface area contributed by atoms with Crippen molar-refractivity contribution in [2.24, 2.45) is 0 Å². The average molecular weight is 500 g/mol. The summed E-state index contributed by atoms with van der Waals surface area (Å²) in [5.41, 5.74) is 2.45. The van der Waals surface area contributed by atoms with Crippen molar-refractivity contribution < 1.29 is 13.9 Å². The Hall–Kier alpha value is -3.14. The molecule has 0 fully saturated rings. The number of nitrogens with one attached hydrogen (secondary N) is 1. The van der Waals surface area contributed by atoms with Crippen LogP contribution < -0.4 is 10.1 Å². The fraction of sp³-hybridized carbons (Fsp3) is 0.0833. The van der Waals surface area contributed by atoms with Crippen LogP contribution in [0.2, 0.25) is 5.02 Å². The van der Waals surface area contributed by atoms with Gasteiger partial charge in [-0.1, -0.05) is 39.7 Å². The summed E-state index contributed by atoms with van der Waals surface area (Å²) in [5.74, 6) is -0.389. The molecule has 0 aliphatic heterocycles. The van der Waals surface area contributed by atoms with E-state index in [1.807, 2.05) is 6.07 Å². The minimum absolute atomic E-state index is 0.0843. The normalized spacial score (nSPS) is 11.0. The van der Waals surface area contributed by atoms with Gasteiger partial charge in [-0.3, -0.25) is 4.79 Å². The first kappa shape index (κ1) is 22.5. The number of hydrogen-bond donors (Lipinski definition) is 1. The third-order valence-electron chi connectivity index (χ3n) is 4.44. The van der Waals surface area contributed by atoms with Crippen molar-refractivity contribution >= 4 is 45.2 Å². The molecule has 156 valence electrons. The number of methoxy groups -OCH3 is 1. The Morgan fingerprint density at radius 2 is 1.97 bits per heavy atom. The molecule has 1 N–H and O–H groups in total. The van der Waals surface area contributed by atoms with E-state index >= 15 is 0 Å². The lowest BCUT2D eigenvalue weighted by Gasteiger charge is -2.12. The summed E-state index contributed by atoms with van der Waals surface area (Å²) in [4.78, 5) is 12.5. The maximum absolute atomic E-state index is 13.5. The second-order valence-corrected chi connectivity index (χ2v) is 7.94. The predicted octanol–water partition coefficient (Wildman–Crippen LogP) is 6.39. The Balaban J connectivity index is 1.88. The highest BCUT2D eigenvalue weighted by molar-refractivity contribution is 9.10. The molecule has 3 aromatic rings. The molecule has 0 aliphatic rings. The second kappa shape index (κ2) is 10.3. The molecule has 3 aromatic carbocycles. The van der Waals surface area contributed by atoms with E-state index in [-0.39, 0.29) is 11.4 Å². The van der Waals surface area contributed by atoms with Crippen molar-refractivity contribution in [1.29, 1.82) is 5.26 Å². The molecular weight excluding hydrogens is 483 g/mol. The molecule has 0 aromatic heterocycles. The van der Waals surface area contributed by atoms with Crippen molar-refractivity contribution in [2.75, 3.05) is 12.4 Å². The zero-order valence-corrected chi connectivity index (χ0v) is 18.8. The van der Waals surface area contributed by atoms with Gasteiger partial charge in [0.15, 0.2) is 0 Å². The van der Waals surface area contributed by atoms with Gasteiger partial charge in [-0.2, -0.15) is 5.26 Å². The van der Waals surface area contributed by atoms with Crippen LogP contribution in [-0.4, -0.2) is 13.0 Å². The monoisotopic (exact) mass is 498 g/mol. The summed E-state index contributed by atoms with van der Waals surface area (Å²) in [6.45, 7) is 0. The van der Waals surface area contributed by atoms with E-state index in [0.29, 0.717) is 34.0 Å². The first-order valence-corrected chi connectivity index (χ1v) is 10.4. The van der Waals surface area contributed by atoms with E-state index in [1.165, 1.54) is 25.3 Å². The molecular formula is C24H17BrClFN2O2. The Kier molecular flexibility index (Phi) is 7.45. The molecule has 0 bridgehead atoms. The molecule has 0 saturated carbocycles. The summed E-state index contributed by atoms with van der Waals surface area (Å²) in [6.07, 6.45) is 1.81. The number of rotatable bonds is 6. The predicted molar refractivity (Wildman–Crippen MR) is 124 cm³/mol. The van der Waals surface area contributed by atoms with Crippen molar-refractivity contribution in [1.82, 2.24) is 0 Å². The van der Waals surface area contributed by atoms with Gasteiger partial charge in [-0.05, 0) is 65.7 Å². The summed E-state index contributed by atoms with van der Waals surface area (Å²) in [7, 11) is 1.50. The largest absolute Gasteiger partial charge is 0.496 e. The Morgan fingerprint density at radius 3 is 2.61 bits per heavy atom. The third kappa shape index (κ3) is 5.94. The van der Waals surface area contributed by atoms with Gasteiger partial charge in [0.25, 0.3) is 5.91 Å². The number of nitriles is 1. The van der Waals surface area contributed by atoms with Gasteiger partial charge in [-0.15, -0.1) is 0 Å². The van der Waals surface area contributed by atoms with Gasteiger partial charge in [-0.25, -0.2) is 4.39 Å².